The van der Waals surface area contributed by atoms with E-state index in [1.54, 1.807) is 11.8 Å². The summed E-state index contributed by atoms with van der Waals surface area (Å²) in [5.74, 6) is 0.103. The van der Waals surface area contributed by atoms with Gasteiger partial charge < -0.3 is 10.8 Å². The summed E-state index contributed by atoms with van der Waals surface area (Å²) in [6.45, 7) is 2.52. The van der Waals surface area contributed by atoms with E-state index < -0.39 is 5.97 Å². The van der Waals surface area contributed by atoms with Crippen molar-refractivity contribution < 1.29 is 9.90 Å². The highest BCUT2D eigenvalue weighted by molar-refractivity contribution is 7.99. The molecule has 0 saturated heterocycles. The van der Waals surface area contributed by atoms with Crippen LogP contribution in [0.2, 0.25) is 0 Å². The van der Waals surface area contributed by atoms with E-state index in [0.717, 1.165) is 5.75 Å². The van der Waals surface area contributed by atoms with Crippen molar-refractivity contribution >= 4 is 17.7 Å². The number of carbonyl (C=O) groups is 1. The van der Waals surface area contributed by atoms with Gasteiger partial charge in [-0.3, -0.25) is 4.79 Å². The first-order valence-corrected chi connectivity index (χ1v) is 4.25. The van der Waals surface area contributed by atoms with Gasteiger partial charge in [-0.25, -0.2) is 0 Å². The Balaban J connectivity index is 3.25. The van der Waals surface area contributed by atoms with Gasteiger partial charge in [0.25, 0.3) is 0 Å². The summed E-state index contributed by atoms with van der Waals surface area (Å²) in [7, 11) is 0. The number of carboxylic acids is 1. The quantitative estimate of drug-likeness (QED) is 0.621. The van der Waals surface area contributed by atoms with Gasteiger partial charge in [-0.1, -0.05) is 6.92 Å². The van der Waals surface area contributed by atoms with Crippen molar-refractivity contribution in [3.63, 3.8) is 0 Å². The fraction of sp³-hybridized carbons (Fsp3) is 0.833. The second-order valence-corrected chi connectivity index (χ2v) is 3.61. The highest BCUT2D eigenvalue weighted by Crippen LogP contribution is 2.12. The largest absolute Gasteiger partial charge is 0.481 e. The van der Waals surface area contributed by atoms with Gasteiger partial charge in [0.1, 0.15) is 0 Å². The van der Waals surface area contributed by atoms with Crippen molar-refractivity contribution in [2.75, 3.05) is 12.3 Å². The van der Waals surface area contributed by atoms with Crippen LogP contribution in [0.4, 0.5) is 0 Å². The van der Waals surface area contributed by atoms with Crippen molar-refractivity contribution in [3.8, 4) is 0 Å². The molecule has 0 aliphatic carbocycles. The van der Waals surface area contributed by atoms with Crippen molar-refractivity contribution in [2.24, 2.45) is 5.73 Å². The third-order valence-corrected chi connectivity index (χ3v) is 2.19. The molecule has 60 valence electrons. The van der Waals surface area contributed by atoms with Crippen LogP contribution in [0.15, 0.2) is 0 Å². The summed E-state index contributed by atoms with van der Waals surface area (Å²) in [5.41, 5.74) is 5.24. The Morgan fingerprint density at radius 1 is 1.80 bits per heavy atom. The van der Waals surface area contributed by atoms with E-state index in [4.69, 9.17) is 10.8 Å². The summed E-state index contributed by atoms with van der Waals surface area (Å²) in [5, 5.41) is 8.52. The van der Waals surface area contributed by atoms with Crippen LogP contribution in [-0.2, 0) is 4.79 Å². The summed E-state index contributed by atoms with van der Waals surface area (Å²) < 4.78 is 0. The number of carboxylic acid groups (broad SMARTS) is 1. The minimum atomic E-state index is -0.739. The molecule has 0 saturated carbocycles. The topological polar surface area (TPSA) is 63.3 Å². The van der Waals surface area contributed by atoms with E-state index in [0.29, 0.717) is 6.54 Å². The maximum absolute atomic E-state index is 10.1. The van der Waals surface area contributed by atoms with Gasteiger partial charge in [-0.05, 0) is 0 Å². The Morgan fingerprint density at radius 2 is 2.40 bits per heavy atom. The molecule has 0 aliphatic heterocycles. The van der Waals surface area contributed by atoms with Crippen LogP contribution >= 0.6 is 11.8 Å². The maximum Gasteiger partial charge on any atom is 0.304 e. The van der Waals surface area contributed by atoms with Gasteiger partial charge >= 0.3 is 5.97 Å². The third-order valence-electron chi connectivity index (χ3n) is 0.982. The Morgan fingerprint density at radius 3 is 2.80 bits per heavy atom. The molecule has 0 radical (unpaired) electrons. The van der Waals surface area contributed by atoms with Gasteiger partial charge in [0.05, 0.1) is 6.42 Å². The number of hydrogen-bond acceptors (Lipinski definition) is 3. The average Bonchev–Trinajstić information content (AvgIpc) is 1.82. The lowest BCUT2D eigenvalue weighted by Crippen LogP contribution is -2.09. The minimum Gasteiger partial charge on any atom is -0.481 e. The standard InChI is InChI=1S/C6H13NO2S/c1-5(4-6(8)9)10-3-2-7/h5H,2-4,7H2,1H3,(H,8,9)/t5-/m1/s1. The summed E-state index contributed by atoms with van der Waals surface area (Å²) in [6.07, 6.45) is 0.227. The summed E-state index contributed by atoms with van der Waals surface area (Å²) in [6, 6.07) is 0. The fourth-order valence-electron chi connectivity index (χ4n) is 0.574. The maximum atomic E-state index is 10.1. The molecule has 10 heavy (non-hydrogen) atoms. The van der Waals surface area contributed by atoms with Crippen LogP contribution in [0.1, 0.15) is 13.3 Å². The minimum absolute atomic E-state index is 0.182. The van der Waals surface area contributed by atoms with Crippen LogP contribution in [0, 0.1) is 0 Å². The molecule has 4 heteroatoms. The molecule has 0 aromatic carbocycles. The Bertz CT molecular complexity index is 108. The normalized spacial score (nSPS) is 13.0. The van der Waals surface area contributed by atoms with Gasteiger partial charge in [-0.15, -0.1) is 0 Å². The lowest BCUT2D eigenvalue weighted by Gasteiger charge is -2.05. The fourth-order valence-corrected chi connectivity index (χ4v) is 1.37. The molecule has 1 atom stereocenters. The number of hydrogen-bond donors (Lipinski definition) is 2. The number of thioether (sulfide) groups is 1. The molecule has 0 bridgehead atoms. The van der Waals surface area contributed by atoms with E-state index >= 15 is 0 Å². The van der Waals surface area contributed by atoms with Crippen LogP contribution < -0.4 is 5.73 Å². The second kappa shape index (κ2) is 5.56. The monoisotopic (exact) mass is 163 g/mol. The van der Waals surface area contributed by atoms with Crippen molar-refractivity contribution in [1.82, 2.24) is 0 Å². The van der Waals surface area contributed by atoms with E-state index in [1.807, 2.05) is 6.92 Å². The lowest BCUT2D eigenvalue weighted by molar-refractivity contribution is -0.136. The third kappa shape index (κ3) is 5.91. The Hall–Kier alpha value is -0.220. The lowest BCUT2D eigenvalue weighted by atomic mass is 10.3. The van der Waals surface area contributed by atoms with Crippen LogP contribution in [0.3, 0.4) is 0 Å². The Labute approximate surface area is 65.0 Å². The zero-order chi connectivity index (χ0) is 7.98. The first kappa shape index (κ1) is 9.78. The van der Waals surface area contributed by atoms with Gasteiger partial charge in [0.15, 0.2) is 0 Å². The van der Waals surface area contributed by atoms with E-state index in [9.17, 15) is 4.79 Å². The van der Waals surface area contributed by atoms with Gasteiger partial charge in [-0.2, -0.15) is 11.8 Å². The molecule has 0 aromatic heterocycles. The molecule has 3 N–H and O–H groups in total. The molecule has 0 heterocycles. The molecule has 0 rings (SSSR count). The highest BCUT2D eigenvalue weighted by Gasteiger charge is 2.06. The molecule has 0 aliphatic rings. The molecular weight excluding hydrogens is 150 g/mol. The smallest absolute Gasteiger partial charge is 0.304 e. The summed E-state index contributed by atoms with van der Waals surface area (Å²) >= 11 is 1.60. The van der Waals surface area contributed by atoms with Crippen molar-refractivity contribution in [2.45, 2.75) is 18.6 Å². The average molecular weight is 163 g/mol. The van der Waals surface area contributed by atoms with Crippen molar-refractivity contribution in [1.29, 1.82) is 0 Å². The highest BCUT2D eigenvalue weighted by atomic mass is 32.2. The van der Waals surface area contributed by atoms with Crippen molar-refractivity contribution in [3.05, 3.63) is 0 Å². The van der Waals surface area contributed by atoms with Gasteiger partial charge in [0, 0.05) is 17.5 Å². The molecular formula is C6H13NO2S. The zero-order valence-electron chi connectivity index (χ0n) is 6.04. The molecule has 0 aromatic rings. The van der Waals surface area contributed by atoms with Crippen LogP contribution in [0.5, 0.6) is 0 Å². The van der Waals surface area contributed by atoms with E-state index in [2.05, 4.69) is 0 Å². The molecule has 0 amide bonds. The van der Waals surface area contributed by atoms with E-state index in [-0.39, 0.29) is 11.7 Å². The zero-order valence-corrected chi connectivity index (χ0v) is 6.86. The molecule has 3 nitrogen and oxygen atoms in total. The van der Waals surface area contributed by atoms with Crippen LogP contribution in [-0.4, -0.2) is 28.6 Å². The Kier molecular flexibility index (Phi) is 5.43. The molecule has 0 spiro atoms. The molecule has 0 fully saturated rings. The SMILES string of the molecule is C[C@H](CC(=O)O)SCCN. The number of rotatable bonds is 5. The first-order valence-electron chi connectivity index (χ1n) is 3.20. The second-order valence-electron chi connectivity index (χ2n) is 2.07. The number of nitrogens with two attached hydrogens (primary N) is 1. The number of aliphatic carboxylic acids is 1. The van der Waals surface area contributed by atoms with Gasteiger partial charge in [0.2, 0.25) is 0 Å². The predicted molar refractivity (Wildman–Crippen MR) is 43.2 cm³/mol. The van der Waals surface area contributed by atoms with E-state index in [1.165, 1.54) is 0 Å². The van der Waals surface area contributed by atoms with Crippen LogP contribution in [0.25, 0.3) is 0 Å². The predicted octanol–water partition coefficient (Wildman–Crippen LogP) is 0.542. The first-order chi connectivity index (χ1) is 4.66. The summed E-state index contributed by atoms with van der Waals surface area (Å²) in [4.78, 5) is 10.1. The molecule has 0 unspecified atom stereocenters.